The van der Waals surface area contributed by atoms with Crippen LogP contribution in [-0.2, 0) is 4.79 Å². The molecule has 110 valence electrons. The van der Waals surface area contributed by atoms with E-state index in [0.717, 1.165) is 31.9 Å². The maximum Gasteiger partial charge on any atom is 0.225 e. The van der Waals surface area contributed by atoms with Crippen molar-refractivity contribution in [2.75, 3.05) is 31.6 Å². The first-order valence-electron chi connectivity index (χ1n) is 7.03. The summed E-state index contributed by atoms with van der Waals surface area (Å²) >= 11 is 0. The van der Waals surface area contributed by atoms with Crippen molar-refractivity contribution in [3.63, 3.8) is 0 Å². The number of aromatic nitrogens is 2. The summed E-state index contributed by atoms with van der Waals surface area (Å²) in [6.07, 6.45) is 5.08. The number of likely N-dealkylation sites (N-methyl/N-ethyl adjacent to an activating group) is 1. The largest absolute Gasteiger partial charge is 0.394 e. The molecule has 2 heterocycles. The molecular formula is C14H22N4O2. The third-order valence-electron chi connectivity index (χ3n) is 3.95. The average molecular weight is 278 g/mol. The van der Waals surface area contributed by atoms with Crippen LogP contribution in [0.25, 0.3) is 0 Å². The molecule has 6 nitrogen and oxygen atoms in total. The minimum atomic E-state index is -0.127. The van der Waals surface area contributed by atoms with E-state index in [-0.39, 0.29) is 24.5 Å². The van der Waals surface area contributed by atoms with E-state index in [9.17, 15) is 4.79 Å². The molecule has 0 aliphatic carbocycles. The maximum absolute atomic E-state index is 12.3. The Balaban J connectivity index is 1.90. The van der Waals surface area contributed by atoms with Crippen molar-refractivity contribution in [3.8, 4) is 0 Å². The second kappa shape index (κ2) is 6.65. The van der Waals surface area contributed by atoms with Crippen LogP contribution in [0.2, 0.25) is 0 Å². The highest BCUT2D eigenvalue weighted by molar-refractivity contribution is 5.79. The van der Waals surface area contributed by atoms with Gasteiger partial charge in [-0.15, -0.1) is 0 Å². The third kappa shape index (κ3) is 3.25. The summed E-state index contributed by atoms with van der Waals surface area (Å²) in [7, 11) is 1.76. The number of aliphatic hydroxyl groups is 1. The Kier molecular flexibility index (Phi) is 4.89. The number of carbonyl (C=O) groups is 1. The molecule has 1 saturated heterocycles. The molecule has 1 N–H and O–H groups in total. The lowest BCUT2D eigenvalue weighted by molar-refractivity contribution is -0.137. The van der Waals surface area contributed by atoms with Gasteiger partial charge in [-0.2, -0.15) is 0 Å². The lowest BCUT2D eigenvalue weighted by Crippen LogP contribution is -2.45. The van der Waals surface area contributed by atoms with Crippen LogP contribution in [0.3, 0.4) is 0 Å². The summed E-state index contributed by atoms with van der Waals surface area (Å²) in [6.45, 7) is 3.44. The van der Waals surface area contributed by atoms with Gasteiger partial charge in [0.2, 0.25) is 11.9 Å². The molecular weight excluding hydrogens is 256 g/mol. The van der Waals surface area contributed by atoms with Crippen molar-refractivity contribution in [1.82, 2.24) is 14.9 Å². The Morgan fingerprint density at radius 2 is 2.05 bits per heavy atom. The summed E-state index contributed by atoms with van der Waals surface area (Å²) in [4.78, 5) is 24.5. The third-order valence-corrected chi connectivity index (χ3v) is 3.95. The van der Waals surface area contributed by atoms with E-state index in [4.69, 9.17) is 5.11 Å². The smallest absolute Gasteiger partial charge is 0.225 e. The Bertz CT molecular complexity index is 432. The first-order chi connectivity index (χ1) is 9.63. The van der Waals surface area contributed by atoms with E-state index in [2.05, 4.69) is 14.9 Å². The van der Waals surface area contributed by atoms with Crippen molar-refractivity contribution >= 4 is 11.9 Å². The van der Waals surface area contributed by atoms with Gasteiger partial charge >= 0.3 is 0 Å². The Hall–Kier alpha value is -1.69. The number of aliphatic hydroxyl groups excluding tert-OH is 1. The molecule has 0 radical (unpaired) electrons. The molecule has 1 aromatic rings. The monoisotopic (exact) mass is 278 g/mol. The highest BCUT2D eigenvalue weighted by Crippen LogP contribution is 2.22. The Morgan fingerprint density at radius 1 is 1.45 bits per heavy atom. The molecule has 6 heteroatoms. The van der Waals surface area contributed by atoms with Gasteiger partial charge in [-0.25, -0.2) is 9.97 Å². The molecule has 1 unspecified atom stereocenters. The molecule has 1 aromatic heterocycles. The van der Waals surface area contributed by atoms with Crippen molar-refractivity contribution in [1.29, 1.82) is 0 Å². The van der Waals surface area contributed by atoms with Crippen LogP contribution in [-0.4, -0.2) is 58.7 Å². The number of nitrogens with zero attached hydrogens (tertiary/aromatic N) is 4. The van der Waals surface area contributed by atoms with Crippen molar-refractivity contribution in [2.24, 2.45) is 5.92 Å². The number of hydrogen-bond acceptors (Lipinski definition) is 5. The number of anilines is 1. The standard InChI is InChI=1S/C14H22N4O2/c1-11(10-19)17(2)13(20)12-4-8-18(9-5-12)14-15-6-3-7-16-14/h3,6-7,11-12,19H,4-5,8-10H2,1-2H3. The quantitative estimate of drug-likeness (QED) is 0.870. The summed E-state index contributed by atoms with van der Waals surface area (Å²) in [5.74, 6) is 0.893. The summed E-state index contributed by atoms with van der Waals surface area (Å²) in [5.41, 5.74) is 0. The van der Waals surface area contributed by atoms with Gasteiger partial charge in [0.05, 0.1) is 12.6 Å². The van der Waals surface area contributed by atoms with E-state index in [1.54, 1.807) is 30.4 Å². The molecule has 1 amide bonds. The number of amides is 1. The lowest BCUT2D eigenvalue weighted by Gasteiger charge is -2.34. The number of carbonyl (C=O) groups excluding carboxylic acids is 1. The van der Waals surface area contributed by atoms with Crippen LogP contribution >= 0.6 is 0 Å². The molecule has 0 bridgehead atoms. The van der Waals surface area contributed by atoms with E-state index < -0.39 is 0 Å². The molecule has 1 aliphatic rings. The van der Waals surface area contributed by atoms with Gasteiger partial charge in [-0.05, 0) is 25.8 Å². The first kappa shape index (κ1) is 14.7. The molecule has 2 rings (SSSR count). The van der Waals surface area contributed by atoms with E-state index in [0.29, 0.717) is 0 Å². The fourth-order valence-electron chi connectivity index (χ4n) is 2.41. The van der Waals surface area contributed by atoms with E-state index in [1.165, 1.54) is 0 Å². The predicted octanol–water partition coefficient (Wildman–Crippen LogP) is 0.532. The van der Waals surface area contributed by atoms with Crippen LogP contribution in [0.4, 0.5) is 5.95 Å². The molecule has 0 saturated carbocycles. The van der Waals surface area contributed by atoms with Crippen molar-refractivity contribution in [2.45, 2.75) is 25.8 Å². The number of hydrogen-bond donors (Lipinski definition) is 1. The zero-order valence-corrected chi connectivity index (χ0v) is 12.1. The van der Waals surface area contributed by atoms with Crippen LogP contribution in [0.15, 0.2) is 18.5 Å². The van der Waals surface area contributed by atoms with Crippen molar-refractivity contribution in [3.05, 3.63) is 18.5 Å². The highest BCUT2D eigenvalue weighted by Gasteiger charge is 2.29. The second-order valence-electron chi connectivity index (χ2n) is 5.29. The second-order valence-corrected chi connectivity index (χ2v) is 5.29. The Labute approximate surface area is 119 Å². The molecule has 1 fully saturated rings. The summed E-state index contributed by atoms with van der Waals surface area (Å²) in [5, 5.41) is 9.12. The van der Waals surface area contributed by atoms with E-state index in [1.807, 2.05) is 6.92 Å². The average Bonchev–Trinajstić information content (AvgIpc) is 2.53. The fraction of sp³-hybridized carbons (Fsp3) is 0.643. The number of rotatable bonds is 4. The van der Waals surface area contributed by atoms with Gasteiger partial charge in [0.15, 0.2) is 0 Å². The van der Waals surface area contributed by atoms with Crippen LogP contribution < -0.4 is 4.90 Å². The minimum Gasteiger partial charge on any atom is -0.394 e. The van der Waals surface area contributed by atoms with E-state index >= 15 is 0 Å². The maximum atomic E-state index is 12.3. The lowest BCUT2D eigenvalue weighted by atomic mass is 9.95. The fourth-order valence-corrected chi connectivity index (χ4v) is 2.41. The normalized spacial score (nSPS) is 17.9. The van der Waals surface area contributed by atoms with Crippen LogP contribution in [0, 0.1) is 5.92 Å². The zero-order chi connectivity index (χ0) is 14.5. The summed E-state index contributed by atoms with van der Waals surface area (Å²) < 4.78 is 0. The van der Waals surface area contributed by atoms with Crippen molar-refractivity contribution < 1.29 is 9.90 Å². The molecule has 1 aliphatic heterocycles. The van der Waals surface area contributed by atoms with Gasteiger partial charge in [0.25, 0.3) is 0 Å². The molecule has 0 aromatic carbocycles. The van der Waals surface area contributed by atoms with Crippen LogP contribution in [0.1, 0.15) is 19.8 Å². The summed E-state index contributed by atoms with van der Waals surface area (Å²) in [6, 6.07) is 1.67. The molecule has 1 atom stereocenters. The van der Waals surface area contributed by atoms with Gasteiger partial charge in [0, 0.05) is 38.4 Å². The zero-order valence-electron chi connectivity index (χ0n) is 12.1. The van der Waals surface area contributed by atoms with Crippen LogP contribution in [0.5, 0.6) is 0 Å². The van der Waals surface area contributed by atoms with Gasteiger partial charge in [0.1, 0.15) is 0 Å². The van der Waals surface area contributed by atoms with Gasteiger partial charge in [-0.3, -0.25) is 4.79 Å². The molecule has 20 heavy (non-hydrogen) atoms. The first-order valence-corrected chi connectivity index (χ1v) is 7.03. The van der Waals surface area contributed by atoms with Gasteiger partial charge in [-0.1, -0.05) is 0 Å². The topological polar surface area (TPSA) is 69.6 Å². The number of piperidine rings is 1. The predicted molar refractivity (Wildman–Crippen MR) is 76.3 cm³/mol. The van der Waals surface area contributed by atoms with Gasteiger partial charge < -0.3 is 14.9 Å². The SMILES string of the molecule is CC(CO)N(C)C(=O)C1CCN(c2ncccn2)CC1. The molecule has 0 spiro atoms. The minimum absolute atomic E-state index is 0.00105. The highest BCUT2D eigenvalue weighted by atomic mass is 16.3. The Morgan fingerprint density at radius 3 is 2.60 bits per heavy atom.